The zero-order valence-electron chi connectivity index (χ0n) is 12.3. The average molecular weight is 346 g/mol. The summed E-state index contributed by atoms with van der Waals surface area (Å²) in [4.78, 5) is 25.4. The third-order valence-corrected chi connectivity index (χ3v) is 5.43. The van der Waals surface area contributed by atoms with Gasteiger partial charge in [-0.1, -0.05) is 6.07 Å². The van der Waals surface area contributed by atoms with E-state index in [1.54, 1.807) is 11.3 Å². The Labute approximate surface area is 135 Å². The summed E-state index contributed by atoms with van der Waals surface area (Å²) >= 11 is 1.66. The summed E-state index contributed by atoms with van der Waals surface area (Å²) in [6.07, 6.45) is -3.36. The van der Waals surface area contributed by atoms with Crippen LogP contribution in [0.5, 0.6) is 0 Å². The minimum atomic E-state index is -4.84. The molecule has 2 amide bonds. The predicted octanol–water partition coefficient (Wildman–Crippen LogP) is 2.52. The molecule has 126 valence electrons. The van der Waals surface area contributed by atoms with Crippen molar-refractivity contribution in [2.45, 2.75) is 37.4 Å². The summed E-state index contributed by atoms with van der Waals surface area (Å²) in [6, 6.07) is 4.16. The first-order valence-electron chi connectivity index (χ1n) is 7.56. The fraction of sp³-hybridized carbons (Fsp3) is 0.600. The van der Waals surface area contributed by atoms with E-state index in [9.17, 15) is 22.8 Å². The molecule has 1 saturated heterocycles. The third-order valence-electron chi connectivity index (χ3n) is 4.42. The number of amides is 2. The summed E-state index contributed by atoms with van der Waals surface area (Å²) in [6.45, 7) is -0.0368. The number of rotatable bonds is 3. The Hall–Kier alpha value is -1.57. The van der Waals surface area contributed by atoms with Gasteiger partial charge in [-0.15, -0.1) is 11.3 Å². The highest BCUT2D eigenvalue weighted by Crippen LogP contribution is 2.43. The topological polar surface area (TPSA) is 49.4 Å². The van der Waals surface area contributed by atoms with E-state index in [1.807, 2.05) is 17.5 Å². The van der Waals surface area contributed by atoms with Crippen molar-refractivity contribution < 1.29 is 22.8 Å². The van der Waals surface area contributed by atoms with Gasteiger partial charge in [0.15, 0.2) is 0 Å². The van der Waals surface area contributed by atoms with Crippen LogP contribution in [0.3, 0.4) is 0 Å². The molecule has 1 aliphatic heterocycles. The lowest BCUT2D eigenvalue weighted by atomic mass is 9.95. The molecule has 2 heterocycles. The van der Waals surface area contributed by atoms with E-state index in [1.165, 1.54) is 4.88 Å². The van der Waals surface area contributed by atoms with Crippen LogP contribution in [0, 0.1) is 5.92 Å². The molecule has 0 aromatic carbocycles. The highest BCUT2D eigenvalue weighted by Gasteiger charge is 2.45. The van der Waals surface area contributed by atoms with E-state index in [-0.39, 0.29) is 43.8 Å². The first-order chi connectivity index (χ1) is 10.9. The van der Waals surface area contributed by atoms with Crippen LogP contribution in [0.2, 0.25) is 0 Å². The number of nitrogens with zero attached hydrogens (tertiary/aromatic N) is 1. The number of thiophene rings is 1. The van der Waals surface area contributed by atoms with Crippen LogP contribution >= 0.6 is 11.3 Å². The molecule has 2 atom stereocenters. The van der Waals surface area contributed by atoms with Crippen molar-refractivity contribution in [2.24, 2.45) is 5.92 Å². The molecule has 3 rings (SSSR count). The van der Waals surface area contributed by atoms with Crippen LogP contribution in [-0.4, -0.2) is 42.0 Å². The Morgan fingerprint density at radius 1 is 1.26 bits per heavy atom. The molecular formula is C15H17F3N2O2S. The molecule has 0 radical (unpaired) electrons. The number of alkyl halides is 3. The smallest absolute Gasteiger partial charge is 0.352 e. The molecule has 1 aromatic rings. The third kappa shape index (κ3) is 3.68. The molecule has 2 aliphatic rings. The van der Waals surface area contributed by atoms with Crippen LogP contribution in [0.4, 0.5) is 13.2 Å². The van der Waals surface area contributed by atoms with Crippen molar-refractivity contribution in [2.75, 3.05) is 13.1 Å². The Balaban J connectivity index is 1.45. The van der Waals surface area contributed by atoms with Gasteiger partial charge >= 0.3 is 12.1 Å². The fourth-order valence-corrected chi connectivity index (χ4v) is 3.90. The van der Waals surface area contributed by atoms with Crippen LogP contribution in [0.15, 0.2) is 17.5 Å². The van der Waals surface area contributed by atoms with E-state index < -0.39 is 12.1 Å². The number of nitrogens with one attached hydrogen (secondary N) is 1. The Morgan fingerprint density at radius 2 is 1.96 bits per heavy atom. The molecule has 1 aliphatic carbocycles. The highest BCUT2D eigenvalue weighted by atomic mass is 32.1. The minimum absolute atomic E-state index is 0.0184. The molecule has 8 heteroatoms. The van der Waals surface area contributed by atoms with Crippen molar-refractivity contribution >= 4 is 23.2 Å². The second-order valence-electron chi connectivity index (χ2n) is 6.04. The molecule has 1 saturated carbocycles. The molecule has 23 heavy (non-hydrogen) atoms. The van der Waals surface area contributed by atoms with E-state index in [2.05, 4.69) is 5.32 Å². The van der Waals surface area contributed by atoms with Gasteiger partial charge in [-0.05, 0) is 30.7 Å². The summed E-state index contributed by atoms with van der Waals surface area (Å²) < 4.78 is 37.1. The standard InChI is InChI=1S/C15H17F3N2O2S/c16-15(17,18)14(22)20-5-3-9(4-6-20)13(21)19-11-8-10(11)12-2-1-7-23-12/h1-2,7,9-11H,3-6,8H2,(H,19,21). The second-order valence-corrected chi connectivity index (χ2v) is 7.02. The molecule has 0 spiro atoms. The van der Waals surface area contributed by atoms with Gasteiger partial charge in [0.25, 0.3) is 0 Å². The Morgan fingerprint density at radius 3 is 2.52 bits per heavy atom. The van der Waals surface area contributed by atoms with Crippen LogP contribution in [0.25, 0.3) is 0 Å². The molecular weight excluding hydrogens is 329 g/mol. The van der Waals surface area contributed by atoms with E-state index in [0.29, 0.717) is 5.92 Å². The van der Waals surface area contributed by atoms with Gasteiger partial charge < -0.3 is 10.2 Å². The quantitative estimate of drug-likeness (QED) is 0.914. The molecule has 2 unspecified atom stereocenters. The average Bonchev–Trinajstić information content (AvgIpc) is 3.06. The number of hydrogen-bond donors (Lipinski definition) is 1. The van der Waals surface area contributed by atoms with Crippen molar-refractivity contribution in [3.63, 3.8) is 0 Å². The number of carbonyl (C=O) groups is 2. The fourth-order valence-electron chi connectivity index (χ4n) is 3.00. The van der Waals surface area contributed by atoms with Crippen molar-refractivity contribution in [3.05, 3.63) is 22.4 Å². The maximum atomic E-state index is 12.4. The van der Waals surface area contributed by atoms with Gasteiger partial charge in [0.1, 0.15) is 0 Å². The van der Waals surface area contributed by atoms with Gasteiger partial charge in [0.2, 0.25) is 5.91 Å². The Bertz CT molecular complexity index is 580. The van der Waals surface area contributed by atoms with E-state index in [0.717, 1.165) is 11.3 Å². The van der Waals surface area contributed by atoms with Crippen LogP contribution < -0.4 is 5.32 Å². The lowest BCUT2D eigenvalue weighted by molar-refractivity contribution is -0.186. The number of halogens is 3. The zero-order valence-corrected chi connectivity index (χ0v) is 13.1. The number of likely N-dealkylation sites (tertiary alicyclic amines) is 1. The van der Waals surface area contributed by atoms with Gasteiger partial charge in [0, 0.05) is 35.8 Å². The van der Waals surface area contributed by atoms with Crippen LogP contribution in [0.1, 0.15) is 30.1 Å². The van der Waals surface area contributed by atoms with Crippen LogP contribution in [-0.2, 0) is 9.59 Å². The first-order valence-corrected chi connectivity index (χ1v) is 8.44. The molecule has 2 fully saturated rings. The number of carbonyl (C=O) groups excluding carboxylic acids is 2. The first kappa shape index (κ1) is 16.3. The van der Waals surface area contributed by atoms with Crippen molar-refractivity contribution in [1.29, 1.82) is 0 Å². The van der Waals surface area contributed by atoms with Crippen molar-refractivity contribution in [3.8, 4) is 0 Å². The Kier molecular flexibility index (Phi) is 4.35. The minimum Gasteiger partial charge on any atom is -0.352 e. The summed E-state index contributed by atoms with van der Waals surface area (Å²) in [7, 11) is 0. The highest BCUT2D eigenvalue weighted by molar-refractivity contribution is 7.10. The normalized spacial score (nSPS) is 25.3. The predicted molar refractivity (Wildman–Crippen MR) is 79.0 cm³/mol. The lowest BCUT2D eigenvalue weighted by Gasteiger charge is -2.31. The second kappa shape index (κ2) is 6.14. The number of piperidine rings is 1. The lowest BCUT2D eigenvalue weighted by Crippen LogP contribution is -2.47. The SMILES string of the molecule is O=C(NC1CC1c1cccs1)C1CCN(C(=O)C(F)(F)F)CC1. The van der Waals surface area contributed by atoms with E-state index in [4.69, 9.17) is 0 Å². The zero-order chi connectivity index (χ0) is 16.6. The molecule has 0 bridgehead atoms. The van der Waals surface area contributed by atoms with Gasteiger partial charge in [-0.2, -0.15) is 13.2 Å². The summed E-state index contributed by atoms with van der Waals surface area (Å²) in [5.41, 5.74) is 0. The maximum absolute atomic E-state index is 12.4. The molecule has 4 nitrogen and oxygen atoms in total. The summed E-state index contributed by atoms with van der Waals surface area (Å²) in [5, 5.41) is 4.98. The maximum Gasteiger partial charge on any atom is 0.471 e. The van der Waals surface area contributed by atoms with Crippen molar-refractivity contribution in [1.82, 2.24) is 10.2 Å². The largest absolute Gasteiger partial charge is 0.471 e. The molecule has 1 N–H and O–H groups in total. The van der Waals surface area contributed by atoms with Gasteiger partial charge in [-0.3, -0.25) is 9.59 Å². The van der Waals surface area contributed by atoms with E-state index >= 15 is 0 Å². The molecule has 1 aromatic heterocycles. The summed E-state index contributed by atoms with van der Waals surface area (Å²) in [5.74, 6) is -1.85. The number of hydrogen-bond acceptors (Lipinski definition) is 3. The van der Waals surface area contributed by atoms with Gasteiger partial charge in [-0.25, -0.2) is 0 Å². The monoisotopic (exact) mass is 346 g/mol. The van der Waals surface area contributed by atoms with Gasteiger partial charge in [0.05, 0.1) is 0 Å².